The summed E-state index contributed by atoms with van der Waals surface area (Å²) in [7, 11) is 3.37. The molecular weight excluding hydrogens is 240 g/mol. The molecule has 1 unspecified atom stereocenters. The molecule has 2 rings (SSSR count). The normalized spacial score (nSPS) is 20.3. The number of ether oxygens (including phenoxy) is 2. The van der Waals surface area contributed by atoms with Crippen molar-refractivity contribution in [2.24, 2.45) is 11.7 Å². The van der Waals surface area contributed by atoms with Crippen LogP contribution in [0.1, 0.15) is 18.4 Å². The van der Waals surface area contributed by atoms with Gasteiger partial charge in [0, 0.05) is 18.7 Å². The van der Waals surface area contributed by atoms with Crippen LogP contribution in [-0.4, -0.2) is 38.8 Å². The largest absolute Gasteiger partial charge is 0.493 e. The molecule has 1 atom stereocenters. The van der Waals surface area contributed by atoms with Crippen molar-refractivity contribution in [1.82, 2.24) is 4.90 Å². The van der Waals surface area contributed by atoms with Crippen molar-refractivity contribution in [3.8, 4) is 11.5 Å². The van der Waals surface area contributed by atoms with E-state index in [1.165, 1.54) is 18.4 Å². The molecule has 1 saturated heterocycles. The molecule has 1 fully saturated rings. The number of benzene rings is 1. The third-order valence-corrected chi connectivity index (χ3v) is 3.81. The molecule has 2 N–H and O–H groups in total. The number of methoxy groups -OCH3 is 2. The second-order valence-corrected chi connectivity index (χ2v) is 5.13. The molecular formula is C15H24N2O2. The van der Waals surface area contributed by atoms with Crippen LogP contribution < -0.4 is 15.2 Å². The van der Waals surface area contributed by atoms with Crippen molar-refractivity contribution >= 4 is 0 Å². The average Bonchev–Trinajstić information content (AvgIpc) is 2.47. The van der Waals surface area contributed by atoms with E-state index in [-0.39, 0.29) is 0 Å². The van der Waals surface area contributed by atoms with E-state index in [2.05, 4.69) is 11.0 Å². The van der Waals surface area contributed by atoms with Crippen LogP contribution in [0.2, 0.25) is 0 Å². The van der Waals surface area contributed by atoms with Gasteiger partial charge in [-0.05, 0) is 37.9 Å². The summed E-state index contributed by atoms with van der Waals surface area (Å²) in [5, 5.41) is 0. The Balaban J connectivity index is 2.10. The van der Waals surface area contributed by atoms with Gasteiger partial charge in [-0.15, -0.1) is 0 Å². The zero-order valence-corrected chi connectivity index (χ0v) is 11.9. The van der Waals surface area contributed by atoms with Gasteiger partial charge in [-0.1, -0.05) is 12.1 Å². The summed E-state index contributed by atoms with van der Waals surface area (Å²) in [4.78, 5) is 2.46. The second-order valence-electron chi connectivity index (χ2n) is 5.13. The van der Waals surface area contributed by atoms with E-state index in [0.29, 0.717) is 5.92 Å². The van der Waals surface area contributed by atoms with E-state index < -0.39 is 0 Å². The van der Waals surface area contributed by atoms with Crippen molar-refractivity contribution in [3.05, 3.63) is 23.8 Å². The van der Waals surface area contributed by atoms with Crippen LogP contribution >= 0.6 is 0 Å². The third kappa shape index (κ3) is 3.39. The van der Waals surface area contributed by atoms with Crippen LogP contribution in [-0.2, 0) is 6.54 Å². The van der Waals surface area contributed by atoms with Crippen LogP contribution in [0.5, 0.6) is 11.5 Å². The number of nitrogens with two attached hydrogens (primary N) is 1. The lowest BCUT2D eigenvalue weighted by molar-refractivity contribution is 0.169. The second kappa shape index (κ2) is 6.78. The summed E-state index contributed by atoms with van der Waals surface area (Å²) in [6.07, 6.45) is 2.48. The fourth-order valence-electron chi connectivity index (χ4n) is 2.81. The lowest BCUT2D eigenvalue weighted by Gasteiger charge is -2.32. The van der Waals surface area contributed by atoms with Gasteiger partial charge in [0.15, 0.2) is 11.5 Å². The van der Waals surface area contributed by atoms with Gasteiger partial charge >= 0.3 is 0 Å². The number of nitrogens with zero attached hydrogens (tertiary/aromatic N) is 1. The highest BCUT2D eigenvalue weighted by Crippen LogP contribution is 2.32. The fourth-order valence-corrected chi connectivity index (χ4v) is 2.81. The number of para-hydroxylation sites is 1. The molecule has 0 aromatic heterocycles. The van der Waals surface area contributed by atoms with Crippen molar-refractivity contribution in [1.29, 1.82) is 0 Å². The van der Waals surface area contributed by atoms with E-state index in [1.54, 1.807) is 14.2 Å². The molecule has 1 aromatic carbocycles. The zero-order chi connectivity index (χ0) is 13.7. The lowest BCUT2D eigenvalue weighted by atomic mass is 9.98. The summed E-state index contributed by atoms with van der Waals surface area (Å²) in [5.41, 5.74) is 6.97. The molecule has 1 aromatic rings. The van der Waals surface area contributed by atoms with E-state index >= 15 is 0 Å². The predicted molar refractivity (Wildman–Crippen MR) is 76.6 cm³/mol. The van der Waals surface area contributed by atoms with Crippen LogP contribution in [0.25, 0.3) is 0 Å². The van der Waals surface area contributed by atoms with Gasteiger partial charge in [0.05, 0.1) is 14.2 Å². The van der Waals surface area contributed by atoms with E-state index in [9.17, 15) is 0 Å². The van der Waals surface area contributed by atoms with Gasteiger partial charge in [-0.3, -0.25) is 4.90 Å². The Kier molecular flexibility index (Phi) is 5.05. The van der Waals surface area contributed by atoms with Crippen LogP contribution in [0, 0.1) is 5.92 Å². The maximum Gasteiger partial charge on any atom is 0.165 e. The SMILES string of the molecule is COc1cccc(CN2CCCC(CN)C2)c1OC. The molecule has 19 heavy (non-hydrogen) atoms. The Labute approximate surface area is 115 Å². The molecule has 0 radical (unpaired) electrons. The predicted octanol–water partition coefficient (Wildman–Crippen LogP) is 1.87. The van der Waals surface area contributed by atoms with Gasteiger partial charge < -0.3 is 15.2 Å². The smallest absolute Gasteiger partial charge is 0.165 e. The average molecular weight is 264 g/mol. The van der Waals surface area contributed by atoms with Gasteiger partial charge in [0.25, 0.3) is 0 Å². The van der Waals surface area contributed by atoms with Gasteiger partial charge in [-0.2, -0.15) is 0 Å². The molecule has 1 aliphatic heterocycles. The Morgan fingerprint density at radius 3 is 2.84 bits per heavy atom. The van der Waals surface area contributed by atoms with Crippen molar-refractivity contribution in [2.45, 2.75) is 19.4 Å². The molecule has 4 nitrogen and oxygen atoms in total. The molecule has 4 heteroatoms. The number of hydrogen-bond acceptors (Lipinski definition) is 4. The van der Waals surface area contributed by atoms with E-state index in [4.69, 9.17) is 15.2 Å². The summed E-state index contributed by atoms with van der Waals surface area (Å²) in [6, 6.07) is 6.05. The number of likely N-dealkylation sites (tertiary alicyclic amines) is 1. The first kappa shape index (κ1) is 14.2. The summed E-state index contributed by atoms with van der Waals surface area (Å²) in [5.74, 6) is 2.28. The minimum atomic E-state index is 0.630. The van der Waals surface area contributed by atoms with Crippen LogP contribution in [0.15, 0.2) is 18.2 Å². The Hall–Kier alpha value is -1.26. The molecule has 0 amide bonds. The lowest BCUT2D eigenvalue weighted by Crippen LogP contribution is -2.37. The molecule has 0 saturated carbocycles. The summed E-state index contributed by atoms with van der Waals surface area (Å²) < 4.78 is 10.8. The van der Waals surface area contributed by atoms with Crippen LogP contribution in [0.3, 0.4) is 0 Å². The van der Waals surface area contributed by atoms with Gasteiger partial charge in [0.2, 0.25) is 0 Å². The first-order valence-electron chi connectivity index (χ1n) is 6.90. The Morgan fingerprint density at radius 1 is 1.32 bits per heavy atom. The quantitative estimate of drug-likeness (QED) is 0.882. The number of piperidine rings is 1. The maximum atomic E-state index is 5.79. The topological polar surface area (TPSA) is 47.7 Å². The molecule has 106 valence electrons. The molecule has 0 spiro atoms. The first-order valence-corrected chi connectivity index (χ1v) is 6.90. The van der Waals surface area contributed by atoms with Crippen LogP contribution in [0.4, 0.5) is 0 Å². The maximum absolute atomic E-state index is 5.79. The molecule has 1 heterocycles. The van der Waals surface area contributed by atoms with Crippen molar-refractivity contribution in [2.75, 3.05) is 33.9 Å². The fraction of sp³-hybridized carbons (Fsp3) is 0.600. The third-order valence-electron chi connectivity index (χ3n) is 3.81. The number of rotatable bonds is 5. The molecule has 1 aliphatic rings. The summed E-state index contributed by atoms with van der Waals surface area (Å²) >= 11 is 0. The van der Waals surface area contributed by atoms with Crippen molar-refractivity contribution < 1.29 is 9.47 Å². The highest BCUT2D eigenvalue weighted by Gasteiger charge is 2.20. The zero-order valence-electron chi connectivity index (χ0n) is 11.9. The number of hydrogen-bond donors (Lipinski definition) is 1. The Bertz CT molecular complexity index is 409. The summed E-state index contributed by atoms with van der Waals surface area (Å²) in [6.45, 7) is 3.90. The molecule has 0 bridgehead atoms. The van der Waals surface area contributed by atoms with Gasteiger partial charge in [-0.25, -0.2) is 0 Å². The first-order chi connectivity index (χ1) is 9.28. The monoisotopic (exact) mass is 264 g/mol. The van der Waals surface area contributed by atoms with Crippen molar-refractivity contribution in [3.63, 3.8) is 0 Å². The van der Waals surface area contributed by atoms with E-state index in [1.807, 2.05) is 12.1 Å². The minimum absolute atomic E-state index is 0.630. The highest BCUT2D eigenvalue weighted by molar-refractivity contribution is 5.46. The highest BCUT2D eigenvalue weighted by atomic mass is 16.5. The van der Waals surface area contributed by atoms with Gasteiger partial charge in [0.1, 0.15) is 0 Å². The van der Waals surface area contributed by atoms with E-state index in [0.717, 1.165) is 37.7 Å². The Morgan fingerprint density at radius 2 is 2.16 bits per heavy atom. The molecule has 0 aliphatic carbocycles. The standard InChI is InChI=1S/C15H24N2O2/c1-18-14-7-3-6-13(15(14)19-2)11-17-8-4-5-12(9-16)10-17/h3,6-7,12H,4-5,8-11,16H2,1-2H3. The minimum Gasteiger partial charge on any atom is -0.493 e.